The molecule has 4 rings (SSSR count). The molecule has 1 atom stereocenters. The van der Waals surface area contributed by atoms with Gasteiger partial charge in [0.2, 0.25) is 5.43 Å². The Kier molecular flexibility index (Phi) is 4.17. The molecular formula is C18H18F2N2O3S. The van der Waals surface area contributed by atoms with Crippen molar-refractivity contribution in [1.29, 1.82) is 0 Å². The molecule has 0 bridgehead atoms. The van der Waals surface area contributed by atoms with E-state index in [0.29, 0.717) is 18.8 Å². The SMILES string of the molecule is O=C(O)c1cn(C2CC2)c2c(F)c(N3CCC(CS)C3)c(F)cc2c1=O. The zero-order valence-electron chi connectivity index (χ0n) is 13.9. The highest BCUT2D eigenvalue weighted by molar-refractivity contribution is 7.80. The molecule has 1 N–H and O–H groups in total. The number of aromatic nitrogens is 1. The van der Waals surface area contributed by atoms with Gasteiger partial charge in [-0.3, -0.25) is 4.79 Å². The molecule has 26 heavy (non-hydrogen) atoms. The predicted octanol–water partition coefficient (Wildman–Crippen LogP) is 3.07. The first-order chi connectivity index (χ1) is 12.4. The Morgan fingerprint density at radius 2 is 2.04 bits per heavy atom. The van der Waals surface area contributed by atoms with Crippen LogP contribution in [0.25, 0.3) is 10.9 Å². The minimum absolute atomic E-state index is 0.00627. The number of hydrogen-bond acceptors (Lipinski definition) is 4. The van der Waals surface area contributed by atoms with Gasteiger partial charge in [0.15, 0.2) is 5.82 Å². The van der Waals surface area contributed by atoms with E-state index in [-0.39, 0.29) is 28.6 Å². The van der Waals surface area contributed by atoms with Crippen LogP contribution in [0.15, 0.2) is 17.1 Å². The molecule has 1 unspecified atom stereocenters. The monoisotopic (exact) mass is 380 g/mol. The van der Waals surface area contributed by atoms with Crippen molar-refractivity contribution < 1.29 is 18.7 Å². The van der Waals surface area contributed by atoms with E-state index in [1.54, 1.807) is 4.90 Å². The fourth-order valence-electron chi connectivity index (χ4n) is 3.70. The average molecular weight is 380 g/mol. The Hall–Kier alpha value is -2.09. The van der Waals surface area contributed by atoms with Gasteiger partial charge in [-0.2, -0.15) is 12.6 Å². The third-order valence-electron chi connectivity index (χ3n) is 5.21. The van der Waals surface area contributed by atoms with Gasteiger partial charge in [0.25, 0.3) is 0 Å². The zero-order valence-corrected chi connectivity index (χ0v) is 14.8. The first kappa shape index (κ1) is 17.3. The number of halogens is 2. The van der Waals surface area contributed by atoms with Crippen molar-refractivity contribution in [3.05, 3.63) is 39.7 Å². The third kappa shape index (κ3) is 2.67. The number of pyridine rings is 1. The number of carboxylic acid groups (broad SMARTS) is 1. The summed E-state index contributed by atoms with van der Waals surface area (Å²) in [6, 6.07) is 0.919. The molecular weight excluding hydrogens is 362 g/mol. The lowest BCUT2D eigenvalue weighted by Crippen LogP contribution is -2.25. The molecule has 5 nitrogen and oxygen atoms in total. The van der Waals surface area contributed by atoms with Crippen molar-refractivity contribution in [3.8, 4) is 0 Å². The summed E-state index contributed by atoms with van der Waals surface area (Å²) in [5.74, 6) is -2.13. The number of nitrogens with zero attached hydrogens (tertiary/aromatic N) is 2. The second-order valence-electron chi connectivity index (χ2n) is 7.02. The van der Waals surface area contributed by atoms with E-state index >= 15 is 4.39 Å². The van der Waals surface area contributed by atoms with Crippen molar-refractivity contribution in [2.75, 3.05) is 23.7 Å². The van der Waals surface area contributed by atoms with E-state index < -0.39 is 28.6 Å². The molecule has 0 amide bonds. The fourth-order valence-corrected chi connectivity index (χ4v) is 4.00. The lowest BCUT2D eigenvalue weighted by Gasteiger charge is -2.22. The van der Waals surface area contributed by atoms with Crippen molar-refractivity contribution in [2.24, 2.45) is 5.92 Å². The van der Waals surface area contributed by atoms with E-state index in [2.05, 4.69) is 12.6 Å². The Bertz CT molecular complexity index is 971. The fraction of sp³-hybridized carbons (Fsp3) is 0.444. The Morgan fingerprint density at radius 1 is 1.31 bits per heavy atom. The van der Waals surface area contributed by atoms with Gasteiger partial charge in [-0.15, -0.1) is 0 Å². The van der Waals surface area contributed by atoms with Crippen molar-refractivity contribution in [3.63, 3.8) is 0 Å². The number of carboxylic acids is 1. The van der Waals surface area contributed by atoms with Crippen molar-refractivity contribution in [2.45, 2.75) is 25.3 Å². The first-order valence-corrected chi connectivity index (χ1v) is 9.21. The minimum Gasteiger partial charge on any atom is -0.477 e. The van der Waals surface area contributed by atoms with E-state index in [0.717, 1.165) is 25.3 Å². The van der Waals surface area contributed by atoms with Crippen LogP contribution in [0.3, 0.4) is 0 Å². The van der Waals surface area contributed by atoms with E-state index in [1.807, 2.05) is 0 Å². The van der Waals surface area contributed by atoms with Crippen LogP contribution >= 0.6 is 12.6 Å². The number of carbonyl (C=O) groups is 1. The molecule has 1 aliphatic carbocycles. The van der Waals surface area contributed by atoms with E-state index in [9.17, 15) is 19.1 Å². The second kappa shape index (κ2) is 6.26. The minimum atomic E-state index is -1.40. The summed E-state index contributed by atoms with van der Waals surface area (Å²) < 4.78 is 31.6. The number of rotatable bonds is 4. The van der Waals surface area contributed by atoms with Gasteiger partial charge in [-0.1, -0.05) is 0 Å². The largest absolute Gasteiger partial charge is 0.477 e. The van der Waals surface area contributed by atoms with Crippen molar-refractivity contribution in [1.82, 2.24) is 4.57 Å². The van der Waals surface area contributed by atoms with Crippen LogP contribution in [-0.2, 0) is 0 Å². The quantitative estimate of drug-likeness (QED) is 0.801. The summed E-state index contributed by atoms with van der Waals surface area (Å²) in [6.07, 6.45) is 3.53. The van der Waals surface area contributed by atoms with E-state index in [4.69, 9.17) is 0 Å². The summed E-state index contributed by atoms with van der Waals surface area (Å²) in [6.45, 7) is 1.02. The molecule has 2 aromatic rings. The molecule has 1 saturated carbocycles. The highest BCUT2D eigenvalue weighted by Crippen LogP contribution is 2.40. The van der Waals surface area contributed by atoms with Crippen LogP contribution in [0.4, 0.5) is 14.5 Å². The molecule has 0 spiro atoms. The number of aromatic carboxylic acids is 1. The number of hydrogen-bond donors (Lipinski definition) is 2. The summed E-state index contributed by atoms with van der Waals surface area (Å²) >= 11 is 4.26. The zero-order chi connectivity index (χ0) is 18.6. The average Bonchev–Trinajstić information content (AvgIpc) is 3.33. The van der Waals surface area contributed by atoms with Gasteiger partial charge in [0, 0.05) is 25.3 Å². The van der Waals surface area contributed by atoms with Gasteiger partial charge < -0.3 is 14.6 Å². The number of anilines is 1. The maximum atomic E-state index is 15.4. The molecule has 2 heterocycles. The Labute approximate surface area is 153 Å². The number of thiol groups is 1. The summed E-state index contributed by atoms with van der Waals surface area (Å²) in [7, 11) is 0. The second-order valence-corrected chi connectivity index (χ2v) is 7.38. The standard InChI is InChI=1S/C18H18F2N2O3S/c19-13-5-11-15(14(20)16(13)21-4-3-9(6-21)8-26)22(10-1-2-10)7-12(17(11)23)18(24)25/h5,7,9-10,26H,1-4,6,8H2,(H,24,25). The van der Waals surface area contributed by atoms with Crippen LogP contribution in [0.1, 0.15) is 35.7 Å². The molecule has 1 saturated heterocycles. The third-order valence-corrected chi connectivity index (χ3v) is 5.73. The van der Waals surface area contributed by atoms with Crippen LogP contribution in [0, 0.1) is 17.6 Å². The highest BCUT2D eigenvalue weighted by atomic mass is 32.1. The van der Waals surface area contributed by atoms with Gasteiger partial charge in [-0.25, -0.2) is 13.6 Å². The molecule has 1 aromatic carbocycles. The van der Waals surface area contributed by atoms with Gasteiger partial charge in [0.1, 0.15) is 17.1 Å². The van der Waals surface area contributed by atoms with Crippen LogP contribution < -0.4 is 10.3 Å². The summed E-state index contributed by atoms with van der Waals surface area (Å²) in [5, 5.41) is 9.04. The molecule has 138 valence electrons. The molecule has 2 aliphatic rings. The van der Waals surface area contributed by atoms with Crippen LogP contribution in [-0.4, -0.2) is 34.5 Å². The molecule has 8 heteroatoms. The maximum Gasteiger partial charge on any atom is 0.341 e. The number of fused-ring (bicyclic) bond motifs is 1. The maximum absolute atomic E-state index is 15.4. The molecule has 2 fully saturated rings. The van der Waals surface area contributed by atoms with Crippen LogP contribution in [0.5, 0.6) is 0 Å². The molecule has 1 aromatic heterocycles. The normalized spacial score (nSPS) is 20.1. The van der Waals surface area contributed by atoms with Gasteiger partial charge in [0.05, 0.1) is 10.9 Å². The topological polar surface area (TPSA) is 62.5 Å². The predicted molar refractivity (Wildman–Crippen MR) is 97.5 cm³/mol. The number of benzene rings is 1. The molecule has 1 aliphatic heterocycles. The van der Waals surface area contributed by atoms with Crippen molar-refractivity contribution >= 4 is 35.2 Å². The lowest BCUT2D eigenvalue weighted by molar-refractivity contribution is 0.0695. The summed E-state index contributed by atoms with van der Waals surface area (Å²) in [4.78, 5) is 25.5. The summed E-state index contributed by atoms with van der Waals surface area (Å²) in [5.41, 5.74) is -1.47. The van der Waals surface area contributed by atoms with Gasteiger partial charge in [-0.05, 0) is 37.0 Å². The Morgan fingerprint density at radius 3 is 2.62 bits per heavy atom. The first-order valence-electron chi connectivity index (χ1n) is 8.58. The highest BCUT2D eigenvalue weighted by Gasteiger charge is 2.32. The molecule has 0 radical (unpaired) electrons. The lowest BCUT2D eigenvalue weighted by atomic mass is 10.1. The van der Waals surface area contributed by atoms with Gasteiger partial charge >= 0.3 is 5.97 Å². The van der Waals surface area contributed by atoms with E-state index in [1.165, 1.54) is 10.8 Å². The smallest absolute Gasteiger partial charge is 0.341 e. The Balaban J connectivity index is 1.97. The van der Waals surface area contributed by atoms with Crippen LogP contribution in [0.2, 0.25) is 0 Å².